The van der Waals surface area contributed by atoms with Gasteiger partial charge in [0, 0.05) is 11.3 Å². The van der Waals surface area contributed by atoms with Crippen molar-refractivity contribution in [3.8, 4) is 0 Å². The van der Waals surface area contributed by atoms with Gasteiger partial charge in [-0.2, -0.15) is 0 Å². The first-order valence-corrected chi connectivity index (χ1v) is 7.96. The van der Waals surface area contributed by atoms with Crippen molar-refractivity contribution in [1.82, 2.24) is 5.32 Å². The zero-order valence-corrected chi connectivity index (χ0v) is 11.7. The Morgan fingerprint density at radius 3 is 3.00 bits per heavy atom. The monoisotopic (exact) mass is 255 g/mol. The van der Waals surface area contributed by atoms with Crippen molar-refractivity contribution in [1.29, 1.82) is 0 Å². The lowest BCUT2D eigenvalue weighted by Gasteiger charge is -2.35. The Morgan fingerprint density at radius 1 is 1.50 bits per heavy atom. The third-order valence-electron chi connectivity index (χ3n) is 3.61. The summed E-state index contributed by atoms with van der Waals surface area (Å²) in [6, 6.07) is 5.11. The van der Waals surface area contributed by atoms with Crippen LogP contribution in [0.3, 0.4) is 0 Å². The third-order valence-corrected chi connectivity index (χ3v) is 6.04. The second-order valence-corrected chi connectivity index (χ2v) is 7.06. The molecule has 1 aromatic rings. The standard InChI is InChI=1S/C13H21NS2/c1-3-10-6-7-11(14-2)12(9-10)16-13-5-4-8-15-13/h4-5,8,10-12,14H,3,6-7,9H2,1-2H3. The Hall–Kier alpha value is 0.01000. The number of nitrogens with one attached hydrogen (secondary N) is 1. The van der Waals surface area contributed by atoms with Crippen LogP contribution in [0.4, 0.5) is 0 Å². The minimum atomic E-state index is 0.704. The predicted molar refractivity (Wildman–Crippen MR) is 74.4 cm³/mol. The molecule has 3 atom stereocenters. The van der Waals surface area contributed by atoms with Gasteiger partial charge in [0.15, 0.2) is 0 Å². The fourth-order valence-corrected chi connectivity index (χ4v) is 4.99. The average molecular weight is 255 g/mol. The molecule has 2 rings (SSSR count). The molecule has 1 saturated carbocycles. The van der Waals surface area contributed by atoms with Crippen molar-refractivity contribution in [2.45, 2.75) is 48.1 Å². The molecule has 1 aliphatic carbocycles. The van der Waals surface area contributed by atoms with Gasteiger partial charge in [0.05, 0.1) is 4.21 Å². The Morgan fingerprint density at radius 2 is 2.38 bits per heavy atom. The molecular formula is C13H21NS2. The molecule has 0 saturated heterocycles. The molecular weight excluding hydrogens is 234 g/mol. The molecule has 1 fully saturated rings. The van der Waals surface area contributed by atoms with Gasteiger partial charge in [-0.05, 0) is 43.7 Å². The zero-order chi connectivity index (χ0) is 11.4. The predicted octanol–water partition coefficient (Wildman–Crippen LogP) is 4.01. The summed E-state index contributed by atoms with van der Waals surface area (Å²) in [7, 11) is 2.11. The topological polar surface area (TPSA) is 12.0 Å². The molecule has 90 valence electrons. The van der Waals surface area contributed by atoms with Crippen molar-refractivity contribution in [3.05, 3.63) is 17.5 Å². The van der Waals surface area contributed by atoms with Crippen molar-refractivity contribution >= 4 is 23.1 Å². The molecule has 3 unspecified atom stereocenters. The van der Waals surface area contributed by atoms with Gasteiger partial charge >= 0.3 is 0 Å². The van der Waals surface area contributed by atoms with E-state index in [0.29, 0.717) is 6.04 Å². The second-order valence-electron chi connectivity index (χ2n) is 4.57. The van der Waals surface area contributed by atoms with Crippen LogP contribution in [0.2, 0.25) is 0 Å². The average Bonchev–Trinajstić information content (AvgIpc) is 2.82. The van der Waals surface area contributed by atoms with Crippen LogP contribution in [0.5, 0.6) is 0 Å². The number of thiophene rings is 1. The fourth-order valence-electron chi connectivity index (χ4n) is 2.52. The molecule has 0 radical (unpaired) electrons. The summed E-state index contributed by atoms with van der Waals surface area (Å²) in [5, 5.41) is 6.44. The van der Waals surface area contributed by atoms with Gasteiger partial charge in [-0.15, -0.1) is 23.1 Å². The minimum Gasteiger partial charge on any atom is -0.316 e. The van der Waals surface area contributed by atoms with Crippen LogP contribution >= 0.6 is 23.1 Å². The molecule has 0 aromatic carbocycles. The summed E-state index contributed by atoms with van der Waals surface area (Å²) in [6.07, 6.45) is 5.48. The van der Waals surface area contributed by atoms with Gasteiger partial charge in [-0.25, -0.2) is 0 Å². The summed E-state index contributed by atoms with van der Waals surface area (Å²) in [5.74, 6) is 0.946. The summed E-state index contributed by atoms with van der Waals surface area (Å²) in [6.45, 7) is 2.33. The van der Waals surface area contributed by atoms with Gasteiger partial charge in [-0.1, -0.05) is 19.4 Å². The Kier molecular flexibility index (Phi) is 4.74. The molecule has 1 aromatic heterocycles. The van der Waals surface area contributed by atoms with E-state index in [2.05, 4.69) is 48.6 Å². The van der Waals surface area contributed by atoms with Crippen molar-refractivity contribution in [2.24, 2.45) is 5.92 Å². The van der Waals surface area contributed by atoms with Crippen LogP contribution in [0.15, 0.2) is 21.7 Å². The SMILES string of the molecule is CCC1CCC(NC)C(Sc2cccs2)C1. The second kappa shape index (κ2) is 6.08. The normalized spacial score (nSPS) is 30.5. The van der Waals surface area contributed by atoms with E-state index in [4.69, 9.17) is 0 Å². The van der Waals surface area contributed by atoms with Crippen LogP contribution in [0.25, 0.3) is 0 Å². The maximum atomic E-state index is 3.49. The Balaban J connectivity index is 1.97. The van der Waals surface area contributed by atoms with E-state index < -0.39 is 0 Å². The molecule has 0 bridgehead atoms. The van der Waals surface area contributed by atoms with Crippen LogP contribution < -0.4 is 5.32 Å². The molecule has 1 aliphatic rings. The van der Waals surface area contributed by atoms with E-state index >= 15 is 0 Å². The molecule has 1 N–H and O–H groups in total. The van der Waals surface area contributed by atoms with Crippen LogP contribution in [-0.2, 0) is 0 Å². The first-order chi connectivity index (χ1) is 7.83. The fraction of sp³-hybridized carbons (Fsp3) is 0.692. The smallest absolute Gasteiger partial charge is 0.0601 e. The summed E-state index contributed by atoms with van der Waals surface area (Å²) < 4.78 is 1.47. The highest BCUT2D eigenvalue weighted by Crippen LogP contribution is 2.38. The highest BCUT2D eigenvalue weighted by Gasteiger charge is 2.29. The summed E-state index contributed by atoms with van der Waals surface area (Å²) in [4.78, 5) is 0. The quantitative estimate of drug-likeness (QED) is 0.872. The number of rotatable bonds is 4. The first-order valence-electron chi connectivity index (χ1n) is 6.21. The van der Waals surface area contributed by atoms with E-state index in [1.54, 1.807) is 0 Å². The van der Waals surface area contributed by atoms with E-state index in [0.717, 1.165) is 11.2 Å². The van der Waals surface area contributed by atoms with Crippen LogP contribution in [-0.4, -0.2) is 18.3 Å². The largest absolute Gasteiger partial charge is 0.316 e. The highest BCUT2D eigenvalue weighted by atomic mass is 32.2. The van der Waals surface area contributed by atoms with Crippen molar-refractivity contribution < 1.29 is 0 Å². The highest BCUT2D eigenvalue weighted by molar-refractivity contribution is 8.01. The first kappa shape index (κ1) is 12.5. The summed E-state index contributed by atoms with van der Waals surface area (Å²) >= 11 is 3.95. The van der Waals surface area contributed by atoms with Gasteiger partial charge < -0.3 is 5.32 Å². The maximum Gasteiger partial charge on any atom is 0.0601 e. The van der Waals surface area contributed by atoms with Crippen LogP contribution in [0.1, 0.15) is 32.6 Å². The number of hydrogen-bond donors (Lipinski definition) is 1. The molecule has 16 heavy (non-hydrogen) atoms. The van der Waals surface area contributed by atoms with Gasteiger partial charge in [-0.3, -0.25) is 0 Å². The van der Waals surface area contributed by atoms with Crippen molar-refractivity contribution in [2.75, 3.05) is 7.05 Å². The van der Waals surface area contributed by atoms with Crippen molar-refractivity contribution in [3.63, 3.8) is 0 Å². The molecule has 0 spiro atoms. The zero-order valence-electron chi connectivity index (χ0n) is 10.1. The Labute approximate surface area is 107 Å². The van der Waals surface area contributed by atoms with E-state index in [1.165, 1.54) is 29.9 Å². The number of thioether (sulfide) groups is 1. The Bertz CT molecular complexity index is 297. The molecule has 0 amide bonds. The lowest BCUT2D eigenvalue weighted by molar-refractivity contribution is 0.304. The van der Waals surface area contributed by atoms with E-state index in [-0.39, 0.29) is 0 Å². The van der Waals surface area contributed by atoms with Gasteiger partial charge in [0.2, 0.25) is 0 Å². The lowest BCUT2D eigenvalue weighted by atomic mass is 9.84. The van der Waals surface area contributed by atoms with E-state index in [9.17, 15) is 0 Å². The van der Waals surface area contributed by atoms with E-state index in [1.807, 2.05) is 11.3 Å². The molecule has 1 heterocycles. The molecule has 0 aliphatic heterocycles. The lowest BCUT2D eigenvalue weighted by Crippen LogP contribution is -2.40. The minimum absolute atomic E-state index is 0.704. The summed E-state index contributed by atoms with van der Waals surface area (Å²) in [5.41, 5.74) is 0. The third kappa shape index (κ3) is 3.02. The van der Waals surface area contributed by atoms with Gasteiger partial charge in [0.1, 0.15) is 0 Å². The van der Waals surface area contributed by atoms with Crippen LogP contribution in [0, 0.1) is 5.92 Å². The maximum absolute atomic E-state index is 3.49. The molecule has 3 heteroatoms. The molecule has 1 nitrogen and oxygen atoms in total. The van der Waals surface area contributed by atoms with Gasteiger partial charge in [0.25, 0.3) is 0 Å². The number of hydrogen-bond acceptors (Lipinski definition) is 3.